The molecule has 15 heavy (non-hydrogen) atoms. The molecule has 1 aliphatic rings. The lowest BCUT2D eigenvalue weighted by Gasteiger charge is -2.14. The number of hydrogen-bond acceptors (Lipinski definition) is 3. The van der Waals surface area contributed by atoms with Crippen LogP contribution in [-0.2, 0) is 6.54 Å². The van der Waals surface area contributed by atoms with E-state index in [2.05, 4.69) is 9.88 Å². The van der Waals surface area contributed by atoms with Gasteiger partial charge in [-0.05, 0) is 37.6 Å². The minimum absolute atomic E-state index is 0.270. The zero-order valence-electron chi connectivity index (χ0n) is 8.52. The quantitative estimate of drug-likeness (QED) is 0.811. The summed E-state index contributed by atoms with van der Waals surface area (Å²) in [6.45, 7) is 3.03. The van der Waals surface area contributed by atoms with Crippen LogP contribution in [0, 0.1) is 0 Å². The summed E-state index contributed by atoms with van der Waals surface area (Å²) in [5, 5.41) is 8.82. The van der Waals surface area contributed by atoms with Crippen molar-refractivity contribution >= 4 is 5.97 Å². The fourth-order valence-electron chi connectivity index (χ4n) is 1.89. The third-order valence-electron chi connectivity index (χ3n) is 2.65. The molecule has 1 fully saturated rings. The van der Waals surface area contributed by atoms with E-state index in [0.29, 0.717) is 0 Å². The van der Waals surface area contributed by atoms with Gasteiger partial charge in [-0.1, -0.05) is 0 Å². The van der Waals surface area contributed by atoms with Gasteiger partial charge >= 0.3 is 5.97 Å². The van der Waals surface area contributed by atoms with Crippen molar-refractivity contribution in [1.29, 1.82) is 0 Å². The number of aromatic nitrogens is 1. The normalized spacial score (nSPS) is 16.8. The standard InChI is InChI=1S/C11H14N2O2/c14-11(15)10-5-9(6-12-7-10)8-13-3-1-2-4-13/h5-7H,1-4,8H2,(H,14,15). The predicted molar refractivity (Wildman–Crippen MR) is 55.7 cm³/mol. The van der Waals surface area contributed by atoms with Gasteiger partial charge in [0.15, 0.2) is 0 Å². The van der Waals surface area contributed by atoms with Gasteiger partial charge in [0.1, 0.15) is 0 Å². The Hall–Kier alpha value is -1.42. The first-order chi connectivity index (χ1) is 7.25. The zero-order chi connectivity index (χ0) is 10.7. The van der Waals surface area contributed by atoms with Crippen LogP contribution >= 0.6 is 0 Å². The molecule has 1 saturated heterocycles. The van der Waals surface area contributed by atoms with E-state index in [1.165, 1.54) is 19.0 Å². The number of carbonyl (C=O) groups is 1. The molecule has 0 spiro atoms. The van der Waals surface area contributed by atoms with Gasteiger partial charge < -0.3 is 5.11 Å². The van der Waals surface area contributed by atoms with Crippen LogP contribution in [-0.4, -0.2) is 34.0 Å². The molecule has 0 aromatic carbocycles. The SMILES string of the molecule is O=C(O)c1cncc(CN2CCCC2)c1. The monoisotopic (exact) mass is 206 g/mol. The summed E-state index contributed by atoms with van der Waals surface area (Å²) >= 11 is 0. The number of hydrogen-bond donors (Lipinski definition) is 1. The first-order valence-electron chi connectivity index (χ1n) is 5.15. The molecule has 4 heteroatoms. The van der Waals surface area contributed by atoms with Gasteiger partial charge in [-0.2, -0.15) is 0 Å². The van der Waals surface area contributed by atoms with Crippen molar-refractivity contribution in [1.82, 2.24) is 9.88 Å². The second-order valence-electron chi connectivity index (χ2n) is 3.87. The Kier molecular flexibility index (Phi) is 2.97. The first-order valence-corrected chi connectivity index (χ1v) is 5.15. The van der Waals surface area contributed by atoms with Crippen LogP contribution in [0.4, 0.5) is 0 Å². The Morgan fingerprint density at radius 1 is 1.40 bits per heavy atom. The number of carboxylic acids is 1. The number of carboxylic acid groups (broad SMARTS) is 1. The lowest BCUT2D eigenvalue weighted by Crippen LogP contribution is -2.18. The molecule has 0 unspecified atom stereocenters. The maximum Gasteiger partial charge on any atom is 0.337 e. The molecule has 0 saturated carbocycles. The maximum absolute atomic E-state index is 10.7. The molecule has 4 nitrogen and oxygen atoms in total. The summed E-state index contributed by atoms with van der Waals surface area (Å²) in [6.07, 6.45) is 5.61. The van der Waals surface area contributed by atoms with Crippen LogP contribution < -0.4 is 0 Å². The molecular formula is C11H14N2O2. The van der Waals surface area contributed by atoms with E-state index in [4.69, 9.17) is 5.11 Å². The lowest BCUT2D eigenvalue weighted by atomic mass is 10.2. The van der Waals surface area contributed by atoms with E-state index in [0.717, 1.165) is 25.2 Å². The van der Waals surface area contributed by atoms with Gasteiger partial charge in [-0.15, -0.1) is 0 Å². The Balaban J connectivity index is 2.07. The number of pyridine rings is 1. The molecule has 0 aliphatic carbocycles. The third kappa shape index (κ3) is 2.53. The minimum Gasteiger partial charge on any atom is -0.478 e. The van der Waals surface area contributed by atoms with Crippen LogP contribution in [0.5, 0.6) is 0 Å². The highest BCUT2D eigenvalue weighted by atomic mass is 16.4. The van der Waals surface area contributed by atoms with Crippen LogP contribution in [0.15, 0.2) is 18.5 Å². The van der Waals surface area contributed by atoms with E-state index in [1.54, 1.807) is 12.3 Å². The van der Waals surface area contributed by atoms with Crippen molar-refractivity contribution in [3.63, 3.8) is 0 Å². The van der Waals surface area contributed by atoms with Crippen molar-refractivity contribution in [2.75, 3.05) is 13.1 Å². The van der Waals surface area contributed by atoms with Crippen LogP contribution in [0.2, 0.25) is 0 Å². The summed E-state index contributed by atoms with van der Waals surface area (Å²) in [5.41, 5.74) is 1.25. The zero-order valence-corrected chi connectivity index (χ0v) is 8.52. The summed E-state index contributed by atoms with van der Waals surface area (Å²) in [4.78, 5) is 17.0. The van der Waals surface area contributed by atoms with Crippen molar-refractivity contribution in [3.8, 4) is 0 Å². The van der Waals surface area contributed by atoms with Crippen LogP contribution in [0.25, 0.3) is 0 Å². The summed E-state index contributed by atoms with van der Waals surface area (Å²) in [6, 6.07) is 1.70. The molecule has 2 rings (SSSR count). The average molecular weight is 206 g/mol. The molecule has 0 radical (unpaired) electrons. The van der Waals surface area contributed by atoms with Crippen molar-refractivity contribution < 1.29 is 9.90 Å². The summed E-state index contributed by atoms with van der Waals surface area (Å²) in [7, 11) is 0. The summed E-state index contributed by atoms with van der Waals surface area (Å²) < 4.78 is 0. The van der Waals surface area contributed by atoms with Crippen molar-refractivity contribution in [3.05, 3.63) is 29.6 Å². The van der Waals surface area contributed by atoms with E-state index in [-0.39, 0.29) is 5.56 Å². The molecule has 2 heterocycles. The molecular weight excluding hydrogens is 192 g/mol. The van der Waals surface area contributed by atoms with Gasteiger partial charge in [0, 0.05) is 18.9 Å². The second kappa shape index (κ2) is 4.40. The van der Waals surface area contributed by atoms with Crippen molar-refractivity contribution in [2.24, 2.45) is 0 Å². The molecule has 0 atom stereocenters. The van der Waals surface area contributed by atoms with Gasteiger partial charge in [0.2, 0.25) is 0 Å². The summed E-state index contributed by atoms with van der Waals surface area (Å²) in [5.74, 6) is -0.911. The number of aromatic carboxylic acids is 1. The molecule has 1 N–H and O–H groups in total. The Morgan fingerprint density at radius 3 is 2.80 bits per heavy atom. The Labute approximate surface area is 88.6 Å². The van der Waals surface area contributed by atoms with Crippen LogP contribution in [0.3, 0.4) is 0 Å². The second-order valence-corrected chi connectivity index (χ2v) is 3.87. The van der Waals surface area contributed by atoms with Crippen molar-refractivity contribution in [2.45, 2.75) is 19.4 Å². The Bertz CT molecular complexity index is 359. The highest BCUT2D eigenvalue weighted by Crippen LogP contribution is 2.12. The lowest BCUT2D eigenvalue weighted by molar-refractivity contribution is 0.0696. The Morgan fingerprint density at radius 2 is 2.13 bits per heavy atom. The topological polar surface area (TPSA) is 53.4 Å². The van der Waals surface area contributed by atoms with Gasteiger partial charge in [-0.3, -0.25) is 9.88 Å². The molecule has 80 valence electrons. The third-order valence-corrected chi connectivity index (χ3v) is 2.65. The molecule has 0 bridgehead atoms. The minimum atomic E-state index is -0.911. The fraction of sp³-hybridized carbons (Fsp3) is 0.455. The van der Waals surface area contributed by atoms with Gasteiger partial charge in [0.05, 0.1) is 5.56 Å². The molecule has 1 aromatic rings. The van der Waals surface area contributed by atoms with E-state index < -0.39 is 5.97 Å². The number of likely N-dealkylation sites (tertiary alicyclic amines) is 1. The number of rotatable bonds is 3. The van der Waals surface area contributed by atoms with Gasteiger partial charge in [0.25, 0.3) is 0 Å². The van der Waals surface area contributed by atoms with E-state index in [1.807, 2.05) is 0 Å². The largest absolute Gasteiger partial charge is 0.478 e. The highest BCUT2D eigenvalue weighted by Gasteiger charge is 2.12. The average Bonchev–Trinajstić information content (AvgIpc) is 2.71. The smallest absolute Gasteiger partial charge is 0.337 e. The fourth-order valence-corrected chi connectivity index (χ4v) is 1.89. The van der Waals surface area contributed by atoms with Gasteiger partial charge in [-0.25, -0.2) is 4.79 Å². The van der Waals surface area contributed by atoms with Crippen LogP contribution in [0.1, 0.15) is 28.8 Å². The van der Waals surface area contributed by atoms with E-state index >= 15 is 0 Å². The molecule has 0 amide bonds. The predicted octanol–water partition coefficient (Wildman–Crippen LogP) is 1.38. The highest BCUT2D eigenvalue weighted by molar-refractivity contribution is 5.87. The maximum atomic E-state index is 10.7. The number of nitrogens with zero attached hydrogens (tertiary/aromatic N) is 2. The first kappa shape index (κ1) is 10.1. The molecule has 1 aromatic heterocycles. The molecule has 1 aliphatic heterocycles. The van der Waals surface area contributed by atoms with E-state index in [9.17, 15) is 4.79 Å².